The molecule has 5 heteroatoms. The first-order chi connectivity index (χ1) is 5.65. The third-order valence-corrected chi connectivity index (χ3v) is 1.59. The molecule has 0 saturated carbocycles. The van der Waals surface area contributed by atoms with Crippen LogP contribution in [0.2, 0.25) is 0 Å². The molecule has 0 N–H and O–H groups in total. The Kier molecular flexibility index (Phi) is 2.42. The smallest absolute Gasteiger partial charge is 0.358 e. The van der Waals surface area contributed by atoms with Crippen molar-refractivity contribution in [3.8, 4) is 0 Å². The summed E-state index contributed by atoms with van der Waals surface area (Å²) in [7, 11) is 0. The maximum Gasteiger partial charge on any atom is 0.390 e. The largest absolute Gasteiger partial charge is 0.390 e. The highest BCUT2D eigenvalue weighted by Crippen LogP contribution is 2.10. The number of nitrogens with zero attached hydrogens (tertiary/aromatic N) is 3. The van der Waals surface area contributed by atoms with Crippen LogP contribution in [0.5, 0.6) is 0 Å². The van der Waals surface area contributed by atoms with Gasteiger partial charge in [0.25, 0.3) is 0 Å². The van der Waals surface area contributed by atoms with Gasteiger partial charge in [-0.05, 0) is 18.3 Å². The van der Waals surface area contributed by atoms with Crippen LogP contribution >= 0.6 is 0 Å². The third kappa shape index (κ3) is 1.61. The van der Waals surface area contributed by atoms with Gasteiger partial charge >= 0.3 is 5.82 Å². The molecule has 0 aliphatic rings. The minimum Gasteiger partial charge on any atom is -0.358 e. The van der Waals surface area contributed by atoms with E-state index in [1.54, 1.807) is 4.68 Å². The average molecular weight is 169 g/mol. The SMILES string of the molecule is CCCn1nc([N+](=O)[O-])cc1C. The van der Waals surface area contributed by atoms with Crippen LogP contribution in [-0.4, -0.2) is 14.7 Å². The Morgan fingerprint density at radius 3 is 2.83 bits per heavy atom. The van der Waals surface area contributed by atoms with Crippen LogP contribution in [0.3, 0.4) is 0 Å². The zero-order chi connectivity index (χ0) is 9.14. The Labute approximate surface area is 70.2 Å². The first-order valence-electron chi connectivity index (χ1n) is 3.84. The molecule has 0 amide bonds. The van der Waals surface area contributed by atoms with Crippen molar-refractivity contribution >= 4 is 5.82 Å². The lowest BCUT2D eigenvalue weighted by molar-refractivity contribution is -0.389. The number of hydrogen-bond acceptors (Lipinski definition) is 3. The lowest BCUT2D eigenvalue weighted by atomic mass is 10.4. The van der Waals surface area contributed by atoms with E-state index in [1.165, 1.54) is 6.07 Å². The zero-order valence-corrected chi connectivity index (χ0v) is 7.15. The molecule has 0 aliphatic heterocycles. The monoisotopic (exact) mass is 169 g/mol. The molecule has 0 unspecified atom stereocenters. The Bertz CT molecular complexity index is 293. The van der Waals surface area contributed by atoms with Gasteiger partial charge in [-0.1, -0.05) is 6.92 Å². The maximum atomic E-state index is 10.3. The molecule has 0 radical (unpaired) electrons. The molecule has 66 valence electrons. The molecule has 0 aromatic carbocycles. The van der Waals surface area contributed by atoms with Crippen LogP contribution in [-0.2, 0) is 6.54 Å². The van der Waals surface area contributed by atoms with E-state index < -0.39 is 4.92 Å². The fourth-order valence-electron chi connectivity index (χ4n) is 1.02. The summed E-state index contributed by atoms with van der Waals surface area (Å²) < 4.78 is 1.65. The Morgan fingerprint density at radius 1 is 1.75 bits per heavy atom. The standard InChI is InChI=1S/C7H11N3O2/c1-3-4-9-6(2)5-7(8-9)10(11)12/h5H,3-4H2,1-2H3. The Morgan fingerprint density at radius 2 is 2.42 bits per heavy atom. The molecular formula is C7H11N3O2. The summed E-state index contributed by atoms with van der Waals surface area (Å²) in [4.78, 5) is 9.83. The van der Waals surface area contributed by atoms with Crippen LogP contribution < -0.4 is 0 Å². The molecule has 0 bridgehead atoms. The van der Waals surface area contributed by atoms with E-state index in [2.05, 4.69) is 5.10 Å². The Balaban J connectivity index is 2.92. The first kappa shape index (κ1) is 8.70. The van der Waals surface area contributed by atoms with Crippen molar-refractivity contribution in [2.75, 3.05) is 0 Å². The van der Waals surface area contributed by atoms with E-state index >= 15 is 0 Å². The second-order valence-electron chi connectivity index (χ2n) is 2.62. The van der Waals surface area contributed by atoms with Crippen molar-refractivity contribution in [2.24, 2.45) is 0 Å². The van der Waals surface area contributed by atoms with E-state index in [4.69, 9.17) is 0 Å². The van der Waals surface area contributed by atoms with E-state index in [0.717, 1.165) is 18.7 Å². The van der Waals surface area contributed by atoms with Crippen LogP contribution in [0.15, 0.2) is 6.07 Å². The Hall–Kier alpha value is -1.39. The molecule has 12 heavy (non-hydrogen) atoms. The second-order valence-corrected chi connectivity index (χ2v) is 2.62. The predicted molar refractivity (Wildman–Crippen MR) is 43.9 cm³/mol. The normalized spacial score (nSPS) is 10.2. The summed E-state index contributed by atoms with van der Waals surface area (Å²) in [6, 6.07) is 1.48. The van der Waals surface area contributed by atoms with Crippen LogP contribution in [0.1, 0.15) is 19.0 Å². The maximum absolute atomic E-state index is 10.3. The zero-order valence-electron chi connectivity index (χ0n) is 7.15. The van der Waals surface area contributed by atoms with Crippen molar-refractivity contribution in [3.05, 3.63) is 21.9 Å². The lowest BCUT2D eigenvalue weighted by Crippen LogP contribution is -2.01. The highest BCUT2D eigenvalue weighted by atomic mass is 16.6. The molecule has 1 rings (SSSR count). The second kappa shape index (κ2) is 3.34. The number of aromatic nitrogens is 2. The summed E-state index contributed by atoms with van der Waals surface area (Å²) in [5.41, 5.74) is 0.837. The van der Waals surface area contributed by atoms with Gasteiger partial charge in [0.05, 0.1) is 23.4 Å². The van der Waals surface area contributed by atoms with Crippen molar-refractivity contribution < 1.29 is 4.92 Å². The van der Waals surface area contributed by atoms with Gasteiger partial charge in [-0.3, -0.25) is 0 Å². The summed E-state index contributed by atoms with van der Waals surface area (Å²) in [6.07, 6.45) is 0.930. The van der Waals surface area contributed by atoms with E-state index in [1.807, 2.05) is 13.8 Å². The molecule has 0 aliphatic carbocycles. The number of aryl methyl sites for hydroxylation is 2. The average Bonchev–Trinajstić information content (AvgIpc) is 2.34. The van der Waals surface area contributed by atoms with E-state index in [-0.39, 0.29) is 5.82 Å². The van der Waals surface area contributed by atoms with Gasteiger partial charge in [-0.15, -0.1) is 0 Å². The first-order valence-corrected chi connectivity index (χ1v) is 3.84. The predicted octanol–water partition coefficient (Wildman–Crippen LogP) is 1.51. The van der Waals surface area contributed by atoms with Crippen LogP contribution in [0.4, 0.5) is 5.82 Å². The highest BCUT2D eigenvalue weighted by molar-refractivity contribution is 5.20. The van der Waals surface area contributed by atoms with Gasteiger partial charge in [0, 0.05) is 0 Å². The van der Waals surface area contributed by atoms with E-state index in [0.29, 0.717) is 0 Å². The minimum atomic E-state index is -0.473. The van der Waals surface area contributed by atoms with Crippen molar-refractivity contribution in [1.82, 2.24) is 9.78 Å². The molecule has 5 nitrogen and oxygen atoms in total. The van der Waals surface area contributed by atoms with Crippen molar-refractivity contribution in [1.29, 1.82) is 0 Å². The molecule has 1 aromatic rings. The van der Waals surface area contributed by atoms with Gasteiger partial charge in [-0.2, -0.15) is 4.68 Å². The topological polar surface area (TPSA) is 61.0 Å². The van der Waals surface area contributed by atoms with Crippen LogP contribution in [0.25, 0.3) is 0 Å². The third-order valence-electron chi connectivity index (χ3n) is 1.59. The molecule has 0 spiro atoms. The van der Waals surface area contributed by atoms with Crippen molar-refractivity contribution in [3.63, 3.8) is 0 Å². The molecule has 1 aromatic heterocycles. The summed E-state index contributed by atoms with van der Waals surface area (Å²) in [5, 5.41) is 14.1. The molecular weight excluding hydrogens is 158 g/mol. The molecule has 1 heterocycles. The summed E-state index contributed by atoms with van der Waals surface area (Å²) >= 11 is 0. The van der Waals surface area contributed by atoms with Crippen LogP contribution in [0, 0.1) is 17.0 Å². The molecule has 0 atom stereocenters. The fourth-order valence-corrected chi connectivity index (χ4v) is 1.02. The number of nitro groups is 1. The van der Waals surface area contributed by atoms with Gasteiger partial charge in [0.1, 0.15) is 0 Å². The quantitative estimate of drug-likeness (QED) is 0.509. The highest BCUT2D eigenvalue weighted by Gasteiger charge is 2.13. The van der Waals surface area contributed by atoms with Crippen molar-refractivity contribution in [2.45, 2.75) is 26.8 Å². The van der Waals surface area contributed by atoms with Gasteiger partial charge in [-0.25, -0.2) is 0 Å². The van der Waals surface area contributed by atoms with Gasteiger partial charge in [0.15, 0.2) is 0 Å². The number of rotatable bonds is 3. The lowest BCUT2D eigenvalue weighted by Gasteiger charge is -1.92. The fraction of sp³-hybridized carbons (Fsp3) is 0.571. The van der Waals surface area contributed by atoms with Gasteiger partial charge < -0.3 is 10.1 Å². The summed E-state index contributed by atoms with van der Waals surface area (Å²) in [5.74, 6) is -0.0686. The number of hydrogen-bond donors (Lipinski definition) is 0. The minimum absolute atomic E-state index is 0.0686. The molecule has 0 saturated heterocycles. The summed E-state index contributed by atoms with van der Waals surface area (Å²) in [6.45, 7) is 4.56. The molecule has 0 fully saturated rings. The van der Waals surface area contributed by atoms with E-state index in [9.17, 15) is 10.1 Å². The van der Waals surface area contributed by atoms with Gasteiger partial charge in [0.2, 0.25) is 0 Å².